The molecule has 8 heteroatoms. The molecule has 1 aromatic carbocycles. The van der Waals surface area contributed by atoms with E-state index in [0.29, 0.717) is 0 Å². The Kier molecular flexibility index (Phi) is 3.48. The van der Waals surface area contributed by atoms with E-state index in [1.165, 1.54) is 24.3 Å². The van der Waals surface area contributed by atoms with Gasteiger partial charge in [-0.3, -0.25) is 8.92 Å². The Morgan fingerprint density at radius 2 is 1.43 bits per heavy atom. The molecule has 2 N–H and O–H groups in total. The smallest absolute Gasteiger partial charge is 0.511 e. The molecule has 0 bridgehead atoms. The molecule has 0 fully saturated rings. The Morgan fingerprint density at radius 3 is 1.79 bits per heavy atom. The summed E-state index contributed by atoms with van der Waals surface area (Å²) in [5.41, 5.74) is 0. The van der Waals surface area contributed by atoms with Gasteiger partial charge in [0.1, 0.15) is 11.5 Å². The summed E-state index contributed by atoms with van der Waals surface area (Å²) in [7, 11) is -6.14. The Balaban J connectivity index is 2.78. The van der Waals surface area contributed by atoms with Gasteiger partial charge in [0.15, 0.2) is 0 Å². The van der Waals surface area contributed by atoms with Crippen molar-refractivity contribution in [3.05, 3.63) is 24.3 Å². The summed E-state index contributed by atoms with van der Waals surface area (Å²) in [4.78, 5) is 16.9. The van der Waals surface area contributed by atoms with Crippen LogP contribution in [0.25, 0.3) is 0 Å². The first kappa shape index (κ1) is 10.5. The molecule has 0 aromatic heterocycles. The van der Waals surface area contributed by atoms with E-state index in [0.717, 1.165) is 0 Å². The molecule has 14 heavy (non-hydrogen) atoms. The zero-order valence-electron chi connectivity index (χ0n) is 6.84. The van der Waals surface area contributed by atoms with Crippen molar-refractivity contribution in [1.29, 1.82) is 0 Å². The lowest BCUT2D eigenvalue weighted by atomic mass is 10.3. The summed E-state index contributed by atoms with van der Waals surface area (Å²) in [6, 6.07) is 5.58. The van der Waals surface area contributed by atoms with Crippen molar-refractivity contribution in [3.8, 4) is 11.5 Å². The van der Waals surface area contributed by atoms with Crippen LogP contribution in [0.5, 0.6) is 11.5 Å². The van der Waals surface area contributed by atoms with E-state index >= 15 is 0 Å². The molecular weight excluding hydrogens is 224 g/mol. The third-order valence-corrected chi connectivity index (χ3v) is 2.04. The maximum Gasteiger partial charge on any atom is 0.770 e. The van der Waals surface area contributed by atoms with Gasteiger partial charge in [-0.1, -0.05) is 6.07 Å². The third-order valence-electron chi connectivity index (χ3n) is 1.22. The lowest BCUT2D eigenvalue weighted by molar-refractivity contribution is 0.332. The largest absolute Gasteiger partial charge is 0.770 e. The van der Waals surface area contributed by atoms with Crippen LogP contribution in [-0.2, 0) is 8.92 Å². The average molecular weight is 230 g/mol. The highest BCUT2D eigenvalue weighted by Crippen LogP contribution is 2.18. The fraction of sp³-hybridized carbons (Fsp3) is 0. The van der Waals surface area contributed by atoms with E-state index in [4.69, 9.17) is 9.59 Å². The summed E-state index contributed by atoms with van der Waals surface area (Å²) in [6.45, 7) is 0. The van der Waals surface area contributed by atoms with Crippen molar-refractivity contribution in [1.82, 2.24) is 0 Å². The SMILES string of the molecule is O=[Si](O)Oc1cccc(O[Si](=O)O)c1. The molecule has 6 nitrogen and oxygen atoms in total. The molecular formula is C6H6O6Si2. The maximum absolute atomic E-state index is 10.3. The van der Waals surface area contributed by atoms with Gasteiger partial charge in [-0.25, -0.2) is 0 Å². The Morgan fingerprint density at radius 1 is 1.00 bits per heavy atom. The summed E-state index contributed by atoms with van der Waals surface area (Å²) in [5.74, 6) is 0.217. The van der Waals surface area contributed by atoms with E-state index in [1.807, 2.05) is 0 Å². The van der Waals surface area contributed by atoms with Crippen LogP contribution in [0.3, 0.4) is 0 Å². The summed E-state index contributed by atoms with van der Waals surface area (Å²) in [5, 5.41) is 0. The van der Waals surface area contributed by atoms with E-state index in [1.54, 1.807) is 0 Å². The van der Waals surface area contributed by atoms with Crippen LogP contribution in [-0.4, -0.2) is 27.9 Å². The normalized spacial score (nSPS) is 9.14. The minimum atomic E-state index is -3.07. The zero-order chi connectivity index (χ0) is 10.6. The zero-order valence-corrected chi connectivity index (χ0v) is 8.84. The van der Waals surface area contributed by atoms with Crippen LogP contribution in [0, 0.1) is 0 Å². The molecule has 1 aromatic rings. The average Bonchev–Trinajstić information content (AvgIpc) is 2.01. The topological polar surface area (TPSA) is 93.1 Å². The van der Waals surface area contributed by atoms with Gasteiger partial charge in [0.25, 0.3) is 0 Å². The standard InChI is InChI=1S/C6H6O6Si2/c7-13(8)11-5-2-1-3-6(4-5)12-14(9)10/h1-4,7,9H. The summed E-state index contributed by atoms with van der Waals surface area (Å²) in [6.07, 6.45) is 0. The van der Waals surface area contributed by atoms with Gasteiger partial charge in [0.05, 0.1) is 0 Å². The highest BCUT2D eigenvalue weighted by molar-refractivity contribution is 6.26. The fourth-order valence-corrected chi connectivity index (χ4v) is 1.46. The molecule has 1 rings (SSSR count). The van der Waals surface area contributed by atoms with Crippen molar-refractivity contribution in [2.45, 2.75) is 0 Å². The molecule has 0 amide bonds. The van der Waals surface area contributed by atoms with Gasteiger partial charge in [-0.15, -0.1) is 0 Å². The van der Waals surface area contributed by atoms with E-state index in [-0.39, 0.29) is 11.5 Å². The molecule has 0 saturated carbocycles. The van der Waals surface area contributed by atoms with Gasteiger partial charge >= 0.3 is 18.3 Å². The van der Waals surface area contributed by atoms with Gasteiger partial charge < -0.3 is 18.4 Å². The number of hydrogen-bond acceptors (Lipinski definition) is 4. The van der Waals surface area contributed by atoms with Crippen LogP contribution in [0.15, 0.2) is 24.3 Å². The second kappa shape index (κ2) is 4.62. The van der Waals surface area contributed by atoms with Crippen molar-refractivity contribution in [3.63, 3.8) is 0 Å². The fourth-order valence-electron chi connectivity index (χ4n) is 0.803. The first-order valence-electron chi connectivity index (χ1n) is 3.49. The van der Waals surface area contributed by atoms with Gasteiger partial charge in [0.2, 0.25) is 0 Å². The first-order valence-corrected chi connectivity index (χ1v) is 6.02. The molecule has 0 aliphatic rings. The van der Waals surface area contributed by atoms with Crippen molar-refractivity contribution >= 4 is 18.3 Å². The van der Waals surface area contributed by atoms with Gasteiger partial charge in [-0.2, -0.15) is 0 Å². The lowest BCUT2D eigenvalue weighted by Crippen LogP contribution is -2.10. The summed E-state index contributed by atoms with van der Waals surface area (Å²) >= 11 is 0. The maximum atomic E-state index is 10.3. The summed E-state index contributed by atoms with van der Waals surface area (Å²) < 4.78 is 29.6. The molecule has 0 radical (unpaired) electrons. The van der Waals surface area contributed by atoms with Gasteiger partial charge in [-0.05, 0) is 12.1 Å². The van der Waals surface area contributed by atoms with E-state index in [9.17, 15) is 8.92 Å². The Labute approximate surface area is 82.1 Å². The van der Waals surface area contributed by atoms with Crippen LogP contribution in [0.2, 0.25) is 0 Å². The molecule has 0 atom stereocenters. The minimum Gasteiger partial charge on any atom is -0.511 e. The van der Waals surface area contributed by atoms with Gasteiger partial charge in [0, 0.05) is 6.07 Å². The molecule has 0 aliphatic heterocycles. The number of hydrogen-bond donors (Lipinski definition) is 2. The molecule has 0 spiro atoms. The van der Waals surface area contributed by atoms with Crippen LogP contribution >= 0.6 is 0 Å². The minimum absolute atomic E-state index is 0.108. The predicted octanol–water partition coefficient (Wildman–Crippen LogP) is -0.740. The molecule has 74 valence electrons. The highest BCUT2D eigenvalue weighted by atomic mass is 28.3. The van der Waals surface area contributed by atoms with E-state index in [2.05, 4.69) is 8.85 Å². The predicted molar refractivity (Wildman–Crippen MR) is 45.0 cm³/mol. The van der Waals surface area contributed by atoms with Crippen molar-refractivity contribution in [2.24, 2.45) is 0 Å². The van der Waals surface area contributed by atoms with Crippen LogP contribution in [0.1, 0.15) is 0 Å². The van der Waals surface area contributed by atoms with Crippen molar-refractivity contribution < 1.29 is 27.4 Å². The quantitative estimate of drug-likeness (QED) is 0.662. The molecule has 0 saturated heterocycles. The molecule has 0 heterocycles. The monoisotopic (exact) mass is 230 g/mol. The van der Waals surface area contributed by atoms with E-state index < -0.39 is 18.3 Å². The first-order chi connectivity index (χ1) is 6.58. The van der Waals surface area contributed by atoms with Crippen LogP contribution in [0.4, 0.5) is 0 Å². The third kappa shape index (κ3) is 3.45. The molecule has 0 aliphatic carbocycles. The molecule has 0 unspecified atom stereocenters. The Bertz CT molecular complexity index is 334. The second-order valence-corrected chi connectivity index (χ2v) is 3.68. The Hall–Kier alpha value is -1.55. The number of benzene rings is 1. The number of rotatable bonds is 4. The second-order valence-electron chi connectivity index (χ2n) is 2.21. The van der Waals surface area contributed by atoms with Crippen molar-refractivity contribution in [2.75, 3.05) is 0 Å². The lowest BCUT2D eigenvalue weighted by Gasteiger charge is -2.02. The highest BCUT2D eigenvalue weighted by Gasteiger charge is 2.09. The van der Waals surface area contributed by atoms with Crippen LogP contribution < -0.4 is 8.85 Å².